The number of benzene rings is 1. The second-order valence-corrected chi connectivity index (χ2v) is 5.89. The van der Waals surface area contributed by atoms with E-state index in [4.69, 9.17) is 4.74 Å². The van der Waals surface area contributed by atoms with Gasteiger partial charge in [0.2, 0.25) is 0 Å². The standard InChI is InChI=1S/C17H21F3N2O3/c1-3-4-8-13-10-16(24,17(18,19)20)22(21-13)15(23)11-25-14-9-6-5-7-12(14)2/h5-7,9-10,21,24H,3-4,8,11H2,1-2H3/t16-/m0/s1. The Balaban J connectivity index is 2.13. The van der Waals surface area contributed by atoms with Gasteiger partial charge in [0.05, 0.1) is 0 Å². The van der Waals surface area contributed by atoms with Crippen LogP contribution >= 0.6 is 0 Å². The quantitative estimate of drug-likeness (QED) is 0.821. The molecule has 0 fully saturated rings. The van der Waals surface area contributed by atoms with Gasteiger partial charge < -0.3 is 9.84 Å². The summed E-state index contributed by atoms with van der Waals surface area (Å²) in [4.78, 5) is 12.3. The number of carbonyl (C=O) groups excluding carboxylic acids is 1. The van der Waals surface area contributed by atoms with Crippen LogP contribution in [-0.2, 0) is 4.79 Å². The maximum atomic E-state index is 13.3. The lowest BCUT2D eigenvalue weighted by Crippen LogP contribution is -2.61. The number of hydrazine groups is 1. The van der Waals surface area contributed by atoms with Crippen LogP contribution in [0.1, 0.15) is 31.7 Å². The second kappa shape index (κ2) is 7.35. The molecule has 0 unspecified atom stereocenters. The molecule has 2 N–H and O–H groups in total. The number of rotatable bonds is 6. The Labute approximate surface area is 144 Å². The number of nitrogens with one attached hydrogen (secondary N) is 1. The second-order valence-electron chi connectivity index (χ2n) is 5.89. The van der Waals surface area contributed by atoms with Crippen LogP contribution < -0.4 is 10.2 Å². The highest BCUT2D eigenvalue weighted by Crippen LogP contribution is 2.38. The van der Waals surface area contributed by atoms with Crippen molar-refractivity contribution in [3.05, 3.63) is 41.6 Å². The number of hydrogen-bond acceptors (Lipinski definition) is 4. The molecule has 1 aromatic carbocycles. The number of unbranched alkanes of at least 4 members (excludes halogenated alkanes) is 1. The average Bonchev–Trinajstić information content (AvgIpc) is 2.90. The summed E-state index contributed by atoms with van der Waals surface area (Å²) in [6.45, 7) is 3.01. The third kappa shape index (κ3) is 4.07. The van der Waals surface area contributed by atoms with Crippen LogP contribution in [0.3, 0.4) is 0 Å². The Morgan fingerprint density at radius 1 is 1.36 bits per heavy atom. The van der Waals surface area contributed by atoms with Crippen molar-refractivity contribution in [1.82, 2.24) is 10.4 Å². The van der Waals surface area contributed by atoms with E-state index >= 15 is 0 Å². The highest BCUT2D eigenvalue weighted by atomic mass is 19.4. The van der Waals surface area contributed by atoms with Crippen molar-refractivity contribution in [3.63, 3.8) is 0 Å². The largest absolute Gasteiger partial charge is 0.483 e. The average molecular weight is 358 g/mol. The molecule has 2 rings (SSSR count). The first-order chi connectivity index (χ1) is 11.7. The molecule has 0 saturated carbocycles. The summed E-state index contributed by atoms with van der Waals surface area (Å²) >= 11 is 0. The Morgan fingerprint density at radius 3 is 2.64 bits per heavy atom. The van der Waals surface area contributed by atoms with E-state index in [1.807, 2.05) is 6.92 Å². The van der Waals surface area contributed by atoms with E-state index in [9.17, 15) is 23.1 Å². The fourth-order valence-corrected chi connectivity index (χ4v) is 2.45. The van der Waals surface area contributed by atoms with Gasteiger partial charge in [-0.15, -0.1) is 0 Å². The van der Waals surface area contributed by atoms with Crippen LogP contribution in [0.2, 0.25) is 0 Å². The summed E-state index contributed by atoms with van der Waals surface area (Å²) in [5.74, 6) is -0.629. The van der Waals surface area contributed by atoms with Gasteiger partial charge in [0.1, 0.15) is 5.75 Å². The Hall–Kier alpha value is -2.22. The number of halogens is 3. The molecular weight excluding hydrogens is 337 g/mol. The van der Waals surface area contributed by atoms with Crippen molar-refractivity contribution in [2.45, 2.75) is 45.0 Å². The van der Waals surface area contributed by atoms with Crippen LogP contribution in [-0.4, -0.2) is 34.5 Å². The summed E-state index contributed by atoms with van der Waals surface area (Å²) < 4.78 is 45.2. The molecule has 25 heavy (non-hydrogen) atoms. The Kier molecular flexibility index (Phi) is 5.62. The van der Waals surface area contributed by atoms with E-state index in [0.29, 0.717) is 24.7 Å². The number of allylic oxidation sites excluding steroid dienone is 1. The van der Waals surface area contributed by atoms with Crippen LogP contribution in [0.15, 0.2) is 36.0 Å². The lowest BCUT2D eigenvalue weighted by Gasteiger charge is -2.33. The molecule has 5 nitrogen and oxygen atoms in total. The van der Waals surface area contributed by atoms with Crippen molar-refractivity contribution in [3.8, 4) is 5.75 Å². The van der Waals surface area contributed by atoms with Crippen molar-refractivity contribution < 1.29 is 27.8 Å². The lowest BCUT2D eigenvalue weighted by atomic mass is 10.1. The first-order valence-corrected chi connectivity index (χ1v) is 7.98. The molecule has 1 aliphatic heterocycles. The molecular formula is C17H21F3N2O3. The lowest BCUT2D eigenvalue weighted by molar-refractivity contribution is -0.289. The van der Waals surface area contributed by atoms with E-state index in [-0.39, 0.29) is 10.7 Å². The number of para-hydroxylation sites is 1. The number of nitrogens with zero attached hydrogens (tertiary/aromatic N) is 1. The van der Waals surface area contributed by atoms with Gasteiger partial charge in [-0.2, -0.15) is 13.2 Å². The van der Waals surface area contributed by atoms with E-state index in [1.165, 1.54) is 0 Å². The first-order valence-electron chi connectivity index (χ1n) is 7.98. The molecule has 1 amide bonds. The number of ether oxygens (including phenoxy) is 1. The number of aryl methyl sites for hydroxylation is 1. The van der Waals surface area contributed by atoms with Crippen LogP contribution in [0.5, 0.6) is 5.75 Å². The number of hydrogen-bond donors (Lipinski definition) is 2. The zero-order chi connectivity index (χ0) is 18.7. The van der Waals surface area contributed by atoms with Gasteiger partial charge in [-0.1, -0.05) is 31.5 Å². The molecule has 0 aromatic heterocycles. The molecule has 8 heteroatoms. The van der Waals surface area contributed by atoms with Gasteiger partial charge in [-0.3, -0.25) is 10.2 Å². The van der Waals surface area contributed by atoms with Gasteiger partial charge in [-0.25, -0.2) is 5.01 Å². The molecule has 1 atom stereocenters. The highest BCUT2D eigenvalue weighted by Gasteiger charge is 2.61. The number of carbonyl (C=O) groups is 1. The summed E-state index contributed by atoms with van der Waals surface area (Å²) in [6.07, 6.45) is -2.68. The summed E-state index contributed by atoms with van der Waals surface area (Å²) in [5, 5.41) is 10.3. The zero-order valence-corrected chi connectivity index (χ0v) is 14.1. The monoisotopic (exact) mass is 358 g/mol. The Bertz CT molecular complexity index is 661. The van der Waals surface area contributed by atoms with Crippen molar-refractivity contribution >= 4 is 5.91 Å². The maximum Gasteiger partial charge on any atom is 0.442 e. The van der Waals surface area contributed by atoms with Gasteiger partial charge in [-0.05, 0) is 37.5 Å². The molecule has 0 bridgehead atoms. The molecule has 1 aromatic rings. The van der Waals surface area contributed by atoms with E-state index < -0.39 is 24.4 Å². The zero-order valence-electron chi connectivity index (χ0n) is 14.1. The van der Waals surface area contributed by atoms with Crippen LogP contribution in [0.25, 0.3) is 0 Å². The molecule has 0 spiro atoms. The van der Waals surface area contributed by atoms with Gasteiger partial charge in [0.25, 0.3) is 11.6 Å². The fourth-order valence-electron chi connectivity index (χ4n) is 2.45. The Morgan fingerprint density at radius 2 is 2.04 bits per heavy atom. The third-order valence-corrected chi connectivity index (χ3v) is 3.88. The van der Waals surface area contributed by atoms with Gasteiger partial charge in [0.15, 0.2) is 6.61 Å². The van der Waals surface area contributed by atoms with Gasteiger partial charge in [0, 0.05) is 5.70 Å². The predicted octanol–water partition coefficient (Wildman–Crippen LogP) is 3.05. The van der Waals surface area contributed by atoms with Gasteiger partial charge >= 0.3 is 6.18 Å². The van der Waals surface area contributed by atoms with Crippen LogP contribution in [0, 0.1) is 6.92 Å². The van der Waals surface area contributed by atoms with Crippen molar-refractivity contribution in [1.29, 1.82) is 0 Å². The SMILES string of the molecule is CCCCC1=C[C@](O)(C(F)(F)F)N(C(=O)COc2ccccc2C)N1. The minimum Gasteiger partial charge on any atom is -0.483 e. The van der Waals surface area contributed by atoms with E-state index in [1.54, 1.807) is 31.2 Å². The summed E-state index contributed by atoms with van der Waals surface area (Å²) in [7, 11) is 0. The number of aliphatic hydroxyl groups is 1. The summed E-state index contributed by atoms with van der Waals surface area (Å²) in [6, 6.07) is 6.83. The van der Waals surface area contributed by atoms with Crippen molar-refractivity contribution in [2.75, 3.05) is 6.61 Å². The topological polar surface area (TPSA) is 61.8 Å². The normalized spacial score (nSPS) is 20.2. The molecule has 0 aliphatic carbocycles. The minimum absolute atomic E-state index is 0.158. The molecule has 1 aliphatic rings. The predicted molar refractivity (Wildman–Crippen MR) is 85.3 cm³/mol. The molecule has 1 heterocycles. The smallest absolute Gasteiger partial charge is 0.442 e. The third-order valence-electron chi connectivity index (χ3n) is 3.88. The summed E-state index contributed by atoms with van der Waals surface area (Å²) in [5.41, 5.74) is -0.112. The minimum atomic E-state index is -5.04. The molecule has 0 saturated heterocycles. The van der Waals surface area contributed by atoms with Crippen molar-refractivity contribution in [2.24, 2.45) is 0 Å². The molecule has 0 radical (unpaired) electrons. The maximum absolute atomic E-state index is 13.3. The number of amides is 1. The van der Waals surface area contributed by atoms with Crippen LogP contribution in [0.4, 0.5) is 13.2 Å². The highest BCUT2D eigenvalue weighted by molar-refractivity contribution is 5.79. The number of alkyl halides is 3. The first kappa shape index (κ1) is 19.1. The van der Waals surface area contributed by atoms with E-state index in [0.717, 1.165) is 12.0 Å². The van der Waals surface area contributed by atoms with E-state index in [2.05, 4.69) is 5.43 Å². The molecule has 138 valence electrons. The fraction of sp³-hybridized carbons (Fsp3) is 0.471.